The molecule has 224 valence electrons. The van der Waals surface area contributed by atoms with Crippen LogP contribution in [0.4, 0.5) is 0 Å². The molecule has 0 radical (unpaired) electrons. The summed E-state index contributed by atoms with van der Waals surface area (Å²) in [6, 6.07) is 6.21. The van der Waals surface area contributed by atoms with E-state index in [0.717, 1.165) is 95.7 Å². The molecule has 4 N–H and O–H groups in total. The molecule has 5 heterocycles. The first-order valence-electron chi connectivity index (χ1n) is 18.8. The molecular formula is C36H60N4. The Balaban J connectivity index is 1.05. The highest BCUT2D eigenvalue weighted by molar-refractivity contribution is 5.11. The molecule has 40 heavy (non-hydrogen) atoms. The van der Waals surface area contributed by atoms with Gasteiger partial charge >= 0.3 is 0 Å². The lowest BCUT2D eigenvalue weighted by atomic mass is 9.69. The molecule has 8 bridgehead atoms. The molecule has 0 aromatic heterocycles. The van der Waals surface area contributed by atoms with Crippen molar-refractivity contribution >= 4 is 0 Å². The van der Waals surface area contributed by atoms with Crippen LogP contribution in [-0.2, 0) is 0 Å². The Morgan fingerprint density at radius 2 is 0.375 bits per heavy atom. The zero-order valence-corrected chi connectivity index (χ0v) is 25.4. The first-order chi connectivity index (χ1) is 19.8. The highest BCUT2D eigenvalue weighted by Crippen LogP contribution is 2.51. The predicted molar refractivity (Wildman–Crippen MR) is 163 cm³/mol. The van der Waals surface area contributed by atoms with Crippen LogP contribution >= 0.6 is 0 Å². The average molecular weight is 549 g/mol. The van der Waals surface area contributed by atoms with Gasteiger partial charge in [-0.05, 0) is 124 Å². The Bertz CT molecular complexity index is 699. The van der Waals surface area contributed by atoms with Crippen molar-refractivity contribution in [3.8, 4) is 0 Å². The number of hydrogen-bond donors (Lipinski definition) is 4. The minimum Gasteiger partial charge on any atom is -0.311 e. The number of nitrogens with one attached hydrogen (secondary N) is 4. The molecule has 16 atom stereocenters. The zero-order chi connectivity index (χ0) is 26.2. The maximum absolute atomic E-state index is 4.45. The summed E-state index contributed by atoms with van der Waals surface area (Å²) in [6.45, 7) is 0. The normalized spacial score (nSPS) is 57.6. The molecule has 0 aromatic carbocycles. The van der Waals surface area contributed by atoms with Crippen molar-refractivity contribution in [2.45, 2.75) is 177 Å². The van der Waals surface area contributed by atoms with Crippen molar-refractivity contribution in [3.05, 3.63) is 0 Å². The van der Waals surface area contributed by atoms with E-state index in [1.165, 1.54) is 128 Å². The van der Waals surface area contributed by atoms with Gasteiger partial charge in [0.05, 0.1) is 0 Å². The fourth-order valence-electron chi connectivity index (χ4n) is 13.9. The smallest absolute Gasteiger partial charge is 0.0116 e. The van der Waals surface area contributed by atoms with E-state index in [1.54, 1.807) is 0 Å². The van der Waals surface area contributed by atoms with Crippen LogP contribution in [0.3, 0.4) is 0 Å². The molecular weight excluding hydrogens is 488 g/mol. The topological polar surface area (TPSA) is 48.1 Å². The fourth-order valence-corrected chi connectivity index (χ4v) is 13.9. The van der Waals surface area contributed by atoms with Crippen molar-refractivity contribution in [3.63, 3.8) is 0 Å². The molecule has 5 saturated heterocycles. The standard InChI is InChI=1S/C36H60N4/c1-2-10-22-21(9-1)29-17-31-23-11-3-4-12-24(23)33(38-31)19-35-27-15-7-8-16-28(27)36(40-35)20-34-26-14-6-5-13-25(26)32(39-34)18-30(22)37-29/h21-40H,1-20H2. The third kappa shape index (κ3) is 4.42. The minimum absolute atomic E-state index is 0.776. The average Bonchev–Trinajstić information content (AvgIpc) is 3.73. The summed E-state index contributed by atoms with van der Waals surface area (Å²) in [5.41, 5.74) is 0. The summed E-state index contributed by atoms with van der Waals surface area (Å²) in [4.78, 5) is 0. The molecule has 16 unspecified atom stereocenters. The molecule has 9 rings (SSSR count). The van der Waals surface area contributed by atoms with Crippen LogP contribution in [0.2, 0.25) is 0 Å². The largest absolute Gasteiger partial charge is 0.311 e. The maximum Gasteiger partial charge on any atom is 0.0116 e. The molecule has 4 saturated carbocycles. The molecule has 4 nitrogen and oxygen atoms in total. The third-order valence-electron chi connectivity index (χ3n) is 15.4. The van der Waals surface area contributed by atoms with E-state index in [-0.39, 0.29) is 0 Å². The second-order valence-corrected chi connectivity index (χ2v) is 16.9. The summed E-state index contributed by atoms with van der Waals surface area (Å²) in [5.74, 6) is 7.65. The van der Waals surface area contributed by atoms with Gasteiger partial charge in [-0.1, -0.05) is 51.4 Å². The van der Waals surface area contributed by atoms with Gasteiger partial charge in [0, 0.05) is 48.3 Å². The molecule has 0 aromatic rings. The quantitative estimate of drug-likeness (QED) is 0.293. The number of hydrogen-bond acceptors (Lipinski definition) is 4. The second kappa shape index (κ2) is 10.8. The van der Waals surface area contributed by atoms with Crippen LogP contribution < -0.4 is 21.3 Å². The van der Waals surface area contributed by atoms with Gasteiger partial charge in [0.15, 0.2) is 0 Å². The van der Waals surface area contributed by atoms with Crippen LogP contribution in [0.25, 0.3) is 0 Å². The van der Waals surface area contributed by atoms with Gasteiger partial charge in [-0.25, -0.2) is 0 Å². The van der Waals surface area contributed by atoms with Crippen molar-refractivity contribution in [1.82, 2.24) is 21.3 Å². The first-order valence-corrected chi connectivity index (χ1v) is 18.8. The Morgan fingerprint density at radius 3 is 0.525 bits per heavy atom. The van der Waals surface area contributed by atoms with Gasteiger partial charge in [0.2, 0.25) is 0 Å². The minimum atomic E-state index is 0.776. The van der Waals surface area contributed by atoms with E-state index in [0.29, 0.717) is 0 Å². The summed E-state index contributed by atoms with van der Waals surface area (Å²) >= 11 is 0. The lowest BCUT2D eigenvalue weighted by Crippen LogP contribution is -2.45. The first kappa shape index (κ1) is 26.3. The van der Waals surface area contributed by atoms with E-state index in [1.807, 2.05) is 0 Å². The van der Waals surface area contributed by atoms with Crippen molar-refractivity contribution in [1.29, 1.82) is 0 Å². The molecule has 0 spiro atoms. The molecule has 9 fully saturated rings. The fraction of sp³-hybridized carbons (Fsp3) is 1.00. The van der Waals surface area contributed by atoms with Gasteiger partial charge in [-0.2, -0.15) is 0 Å². The van der Waals surface area contributed by atoms with Gasteiger partial charge in [0.25, 0.3) is 0 Å². The summed E-state index contributed by atoms with van der Waals surface area (Å²) in [6.07, 6.45) is 29.7. The molecule has 5 aliphatic heterocycles. The Labute approximate surface area is 245 Å². The molecule has 0 amide bonds. The Morgan fingerprint density at radius 1 is 0.225 bits per heavy atom. The van der Waals surface area contributed by atoms with E-state index in [4.69, 9.17) is 0 Å². The number of fused-ring (bicyclic) bond motifs is 20. The summed E-state index contributed by atoms with van der Waals surface area (Å²) in [5, 5.41) is 17.8. The third-order valence-corrected chi connectivity index (χ3v) is 15.4. The van der Waals surface area contributed by atoms with Crippen LogP contribution in [0, 0.1) is 47.3 Å². The van der Waals surface area contributed by atoms with E-state index < -0.39 is 0 Å². The van der Waals surface area contributed by atoms with Crippen molar-refractivity contribution in [2.24, 2.45) is 47.3 Å². The molecule has 4 heteroatoms. The van der Waals surface area contributed by atoms with Crippen LogP contribution in [0.5, 0.6) is 0 Å². The molecule has 9 aliphatic rings. The second-order valence-electron chi connectivity index (χ2n) is 16.9. The van der Waals surface area contributed by atoms with Crippen molar-refractivity contribution < 1.29 is 0 Å². The highest BCUT2D eigenvalue weighted by Gasteiger charge is 2.54. The van der Waals surface area contributed by atoms with E-state index in [2.05, 4.69) is 21.3 Å². The SMILES string of the molecule is C1CCC2C3CC4NC(CC5NC(CC6NC(CC(N3)C2C1)C1CCCCC61)C1CCCCC51)C1CCCCC41. The zero-order valence-electron chi connectivity index (χ0n) is 25.4. The van der Waals surface area contributed by atoms with Gasteiger partial charge in [-0.3, -0.25) is 0 Å². The Kier molecular flexibility index (Phi) is 7.07. The monoisotopic (exact) mass is 548 g/mol. The summed E-state index contributed by atoms with van der Waals surface area (Å²) in [7, 11) is 0. The van der Waals surface area contributed by atoms with Crippen LogP contribution in [0.15, 0.2) is 0 Å². The Hall–Kier alpha value is -0.160. The van der Waals surface area contributed by atoms with Crippen LogP contribution in [0.1, 0.15) is 128 Å². The molecule has 4 aliphatic carbocycles. The van der Waals surface area contributed by atoms with E-state index in [9.17, 15) is 0 Å². The van der Waals surface area contributed by atoms with Gasteiger partial charge in [-0.15, -0.1) is 0 Å². The lowest BCUT2D eigenvalue weighted by Gasteiger charge is -2.34. The van der Waals surface area contributed by atoms with Crippen molar-refractivity contribution in [2.75, 3.05) is 0 Å². The van der Waals surface area contributed by atoms with Gasteiger partial charge < -0.3 is 21.3 Å². The van der Waals surface area contributed by atoms with Crippen LogP contribution in [-0.4, -0.2) is 48.3 Å². The lowest BCUT2D eigenvalue weighted by molar-refractivity contribution is 0.192. The predicted octanol–water partition coefficient (Wildman–Crippen LogP) is 6.15. The maximum atomic E-state index is 4.45. The highest BCUT2D eigenvalue weighted by atomic mass is 15.1. The number of rotatable bonds is 0. The summed E-state index contributed by atoms with van der Waals surface area (Å²) < 4.78 is 0. The van der Waals surface area contributed by atoms with E-state index >= 15 is 0 Å². The van der Waals surface area contributed by atoms with Gasteiger partial charge in [0.1, 0.15) is 0 Å².